The van der Waals surface area contributed by atoms with Gasteiger partial charge in [0.1, 0.15) is 0 Å². The van der Waals surface area contributed by atoms with E-state index in [1.165, 1.54) is 0 Å². The zero-order valence-corrected chi connectivity index (χ0v) is 5.68. The third-order valence-electron chi connectivity index (χ3n) is 0.0861. The van der Waals surface area contributed by atoms with E-state index in [-0.39, 0.29) is 15.2 Å². The van der Waals surface area contributed by atoms with Gasteiger partial charge in [0.25, 0.3) is 0 Å². The normalized spacial score (nSPS) is 6.40. The predicted octanol–water partition coefficient (Wildman–Crippen LogP) is -0.700. The first-order valence-corrected chi connectivity index (χ1v) is 3.58. The molecule has 0 bridgehead atoms. The van der Waals surface area contributed by atoms with Crippen molar-refractivity contribution in [2.75, 3.05) is 0 Å². The van der Waals surface area contributed by atoms with E-state index in [0.717, 1.165) is 0 Å². The molecular weight excluding hydrogens is 200 g/mol. The number of hydrogen-bond acceptors (Lipinski definition) is 2. The summed E-state index contributed by atoms with van der Waals surface area (Å²) in [5, 5.41) is 0. The molecule has 0 heterocycles. The van der Waals surface area contributed by atoms with Gasteiger partial charge in [-0.2, -0.15) is 0 Å². The summed E-state index contributed by atoms with van der Waals surface area (Å²) >= 11 is 2.40. The summed E-state index contributed by atoms with van der Waals surface area (Å²) in [5.41, 5.74) is 0. The van der Waals surface area contributed by atoms with Crippen molar-refractivity contribution in [3.8, 4) is 0 Å². The van der Waals surface area contributed by atoms with Crippen molar-refractivity contribution in [1.29, 1.82) is 0 Å². The fourth-order valence-electron chi connectivity index (χ4n) is 0.0176. The van der Waals surface area contributed by atoms with Gasteiger partial charge in [0, 0.05) is 0 Å². The number of hydrogen-bond donors (Lipinski definition) is 0. The fourth-order valence-corrected chi connectivity index (χ4v) is 0.474. The molecule has 0 unspecified atom stereocenters. The molecule has 0 aromatic carbocycles. The quantitative estimate of drug-likeness (QED) is 0.429. The topological polar surface area (TPSA) is 29.4 Å². The third-order valence-corrected chi connectivity index (χ3v) is 1.39. The maximum absolute atomic E-state index is 9.13. The summed E-state index contributed by atoms with van der Waals surface area (Å²) in [7, 11) is 0. The van der Waals surface area contributed by atoms with Crippen molar-refractivity contribution >= 4 is 34.6 Å². The molecule has 0 saturated heterocycles. The summed E-state index contributed by atoms with van der Waals surface area (Å²) < 4.78 is 4.22. The van der Waals surface area contributed by atoms with Gasteiger partial charge in [-0.3, -0.25) is 0 Å². The fraction of sp³-hybridized carbons (Fsp3) is 0. The molecule has 0 aromatic heterocycles. The minimum absolute atomic E-state index is 0.153. The molecule has 2 nitrogen and oxygen atoms in total. The van der Waals surface area contributed by atoms with Crippen molar-refractivity contribution < 1.29 is 0 Å². The summed E-state index contributed by atoms with van der Waals surface area (Å²) in [6, 6.07) is 0. The molecule has 0 aliphatic heterocycles. The third kappa shape index (κ3) is 4.51. The predicted molar refractivity (Wildman–Crippen MR) is 23.4 cm³/mol. The summed E-state index contributed by atoms with van der Waals surface area (Å²) in [5.74, 6) is 0. The first-order chi connectivity index (χ1) is 2.41. The Morgan fingerprint density at radius 3 is 2.60 bits per heavy atom. The summed E-state index contributed by atoms with van der Waals surface area (Å²) in [6.45, 7) is 0. The Kier molecular flexibility index (Phi) is 4.97. The van der Waals surface area contributed by atoms with E-state index in [0.29, 0.717) is 0 Å². The second kappa shape index (κ2) is 4.51. The molecule has 0 aliphatic carbocycles. The van der Waals surface area contributed by atoms with Crippen molar-refractivity contribution in [3.05, 3.63) is 4.91 Å². The molecular formula is CHNOSe2. The Bertz CT molecular complexity index is 38.9. The summed E-state index contributed by atoms with van der Waals surface area (Å²) in [4.78, 5) is 9.13. The molecule has 0 atom stereocenters. The molecule has 28 valence electrons. The van der Waals surface area contributed by atoms with Gasteiger partial charge in [-0.1, -0.05) is 0 Å². The Balaban J connectivity index is 2.65. The molecule has 0 rings (SSSR count). The van der Waals surface area contributed by atoms with Gasteiger partial charge in [0.2, 0.25) is 0 Å². The van der Waals surface area contributed by atoms with Crippen molar-refractivity contribution in [2.24, 2.45) is 4.19 Å². The van der Waals surface area contributed by atoms with Crippen LogP contribution in [0.15, 0.2) is 4.19 Å². The van der Waals surface area contributed by atoms with Crippen LogP contribution in [0.4, 0.5) is 0 Å². The van der Waals surface area contributed by atoms with Gasteiger partial charge in [-0.25, -0.2) is 0 Å². The molecule has 0 fully saturated rings. The molecule has 0 radical (unpaired) electrons. The molecule has 0 N–H and O–H groups in total. The standard InChI is InChI=1S/CHNOSe2/c3-2-5-1-4/h1H. The zero-order chi connectivity index (χ0) is 4.12. The summed E-state index contributed by atoms with van der Waals surface area (Å²) in [6.07, 6.45) is 0. The van der Waals surface area contributed by atoms with Crippen LogP contribution in [0.3, 0.4) is 0 Å². The Hall–Kier alpha value is 0.509. The number of nitrogens with zero attached hydrogens (tertiary/aromatic N) is 1. The monoisotopic (exact) mass is 203 g/mol. The Morgan fingerprint density at radius 1 is 2.00 bits per heavy atom. The molecule has 0 amide bonds. The average Bonchev–Trinajstić information content (AvgIpc) is 1.41. The molecule has 4 heteroatoms. The first kappa shape index (κ1) is 5.51. The van der Waals surface area contributed by atoms with Crippen LogP contribution in [-0.2, 0) is 0 Å². The van der Waals surface area contributed by atoms with Gasteiger partial charge < -0.3 is 0 Å². The van der Waals surface area contributed by atoms with E-state index in [4.69, 9.17) is 4.91 Å². The van der Waals surface area contributed by atoms with Gasteiger partial charge in [0.15, 0.2) is 0 Å². The molecule has 0 saturated carbocycles. The Labute approximate surface area is 44.0 Å². The number of rotatable bonds is 2. The Morgan fingerprint density at radius 2 is 2.60 bits per heavy atom. The van der Waals surface area contributed by atoms with Gasteiger partial charge in [-0.05, 0) is 0 Å². The molecule has 0 spiro atoms. The van der Waals surface area contributed by atoms with Crippen molar-refractivity contribution in [1.82, 2.24) is 0 Å². The average molecular weight is 201 g/mol. The van der Waals surface area contributed by atoms with E-state index in [1.54, 1.807) is 3.82 Å². The van der Waals surface area contributed by atoms with E-state index in [2.05, 4.69) is 19.8 Å². The van der Waals surface area contributed by atoms with Crippen molar-refractivity contribution in [3.63, 3.8) is 0 Å². The molecule has 0 aromatic rings. The van der Waals surface area contributed by atoms with Crippen LogP contribution < -0.4 is 0 Å². The van der Waals surface area contributed by atoms with Crippen LogP contribution in [-0.4, -0.2) is 34.6 Å². The van der Waals surface area contributed by atoms with Crippen LogP contribution in [0.5, 0.6) is 0 Å². The van der Waals surface area contributed by atoms with Gasteiger partial charge in [0.05, 0.1) is 0 Å². The minimum atomic E-state index is -0.153. The van der Waals surface area contributed by atoms with Crippen LogP contribution in [0.25, 0.3) is 0 Å². The first-order valence-electron chi connectivity index (χ1n) is 0.837. The van der Waals surface area contributed by atoms with Gasteiger partial charge >= 0.3 is 43.7 Å². The second-order valence-electron chi connectivity index (χ2n) is 0.276. The van der Waals surface area contributed by atoms with Crippen LogP contribution in [0, 0.1) is 4.91 Å². The van der Waals surface area contributed by atoms with E-state index in [9.17, 15) is 0 Å². The van der Waals surface area contributed by atoms with Crippen molar-refractivity contribution in [2.45, 2.75) is 0 Å². The van der Waals surface area contributed by atoms with Crippen LogP contribution in [0.1, 0.15) is 0 Å². The number of nitroso groups, excluding NO2 is 1. The molecule has 0 aliphatic rings. The SMILES string of the molecule is O=N[Se]C=[Se]. The van der Waals surface area contributed by atoms with E-state index in [1.807, 2.05) is 0 Å². The second-order valence-corrected chi connectivity index (χ2v) is 3.53. The van der Waals surface area contributed by atoms with Gasteiger partial charge in [-0.15, -0.1) is 0 Å². The maximum atomic E-state index is 9.13. The van der Waals surface area contributed by atoms with E-state index >= 15 is 0 Å². The van der Waals surface area contributed by atoms with Crippen LogP contribution in [0.2, 0.25) is 0 Å². The zero-order valence-electron chi connectivity index (χ0n) is 2.25. The molecule has 5 heavy (non-hydrogen) atoms. The van der Waals surface area contributed by atoms with E-state index < -0.39 is 0 Å². The van der Waals surface area contributed by atoms with Crippen LogP contribution >= 0.6 is 0 Å².